The highest BCUT2D eigenvalue weighted by molar-refractivity contribution is 6.05. The molecule has 2 aliphatic rings. The Morgan fingerprint density at radius 1 is 1.19 bits per heavy atom. The number of hydrogen-bond acceptors (Lipinski definition) is 4. The van der Waals surface area contributed by atoms with Crippen LogP contribution in [0.3, 0.4) is 0 Å². The van der Waals surface area contributed by atoms with Crippen LogP contribution in [0.15, 0.2) is 36.5 Å². The second-order valence-corrected chi connectivity index (χ2v) is 6.69. The lowest BCUT2D eigenvalue weighted by Crippen LogP contribution is -2.33. The smallest absolute Gasteiger partial charge is 0.281 e. The van der Waals surface area contributed by atoms with Gasteiger partial charge in [-0.2, -0.15) is 5.10 Å². The van der Waals surface area contributed by atoms with Gasteiger partial charge in [-0.25, -0.2) is 4.98 Å². The largest absolute Gasteiger partial charge is 0.315 e. The number of rotatable bonds is 2. The first-order valence-electron chi connectivity index (χ1n) is 8.84. The molecule has 1 fully saturated rings. The number of aromatic nitrogens is 4. The Bertz CT molecular complexity index is 942. The standard InChI is InChI=1S/C18H20N6O.ClH/c25-17(15-7-9-24(21-15)13-4-3-8-19-12-13)23-11-10-22-16-6-2-1-5-14(16)20-18(22)23;/h1-2,5-7,9,13,19H,3-4,8,10-12H2;1H. The maximum Gasteiger partial charge on any atom is 0.281 e. The lowest BCUT2D eigenvalue weighted by Gasteiger charge is -2.23. The lowest BCUT2D eigenvalue weighted by atomic mass is 10.1. The number of carbonyl (C=O) groups excluding carboxylic acids is 1. The number of piperidine rings is 1. The molecule has 0 spiro atoms. The van der Waals surface area contributed by atoms with Gasteiger partial charge in [-0.3, -0.25) is 14.4 Å². The van der Waals surface area contributed by atoms with E-state index in [9.17, 15) is 4.79 Å². The molecule has 1 aromatic carbocycles. The molecule has 0 saturated carbocycles. The second-order valence-electron chi connectivity index (χ2n) is 6.69. The van der Waals surface area contributed by atoms with Crippen molar-refractivity contribution in [3.05, 3.63) is 42.2 Å². The van der Waals surface area contributed by atoms with E-state index in [-0.39, 0.29) is 18.3 Å². The fourth-order valence-corrected chi connectivity index (χ4v) is 3.83. The van der Waals surface area contributed by atoms with Crippen LogP contribution in [0, 0.1) is 0 Å². The third-order valence-corrected chi connectivity index (χ3v) is 5.14. The van der Waals surface area contributed by atoms with Crippen molar-refractivity contribution < 1.29 is 4.79 Å². The fraction of sp³-hybridized carbons (Fsp3) is 0.389. The van der Waals surface area contributed by atoms with E-state index in [4.69, 9.17) is 0 Å². The Morgan fingerprint density at radius 2 is 2.08 bits per heavy atom. The number of para-hydroxylation sites is 2. The average molecular weight is 373 g/mol. The number of amides is 1. The SMILES string of the molecule is Cl.O=C(c1ccn(C2CCCNC2)n1)N1CCn2c1nc1ccccc12. The van der Waals surface area contributed by atoms with Crippen molar-refractivity contribution >= 4 is 35.3 Å². The van der Waals surface area contributed by atoms with E-state index < -0.39 is 0 Å². The van der Waals surface area contributed by atoms with Gasteiger partial charge in [-0.05, 0) is 37.6 Å². The van der Waals surface area contributed by atoms with Gasteiger partial charge in [0, 0.05) is 25.8 Å². The first-order chi connectivity index (χ1) is 12.3. The topological polar surface area (TPSA) is 68.0 Å². The molecule has 2 aliphatic heterocycles. The lowest BCUT2D eigenvalue weighted by molar-refractivity contribution is 0.0982. The van der Waals surface area contributed by atoms with Crippen LogP contribution in [-0.4, -0.2) is 44.9 Å². The molecule has 5 rings (SSSR count). The van der Waals surface area contributed by atoms with Gasteiger partial charge in [0.05, 0.1) is 17.1 Å². The van der Waals surface area contributed by atoms with Gasteiger partial charge in [-0.1, -0.05) is 12.1 Å². The molecule has 0 radical (unpaired) electrons. The number of nitrogens with one attached hydrogen (secondary N) is 1. The average Bonchev–Trinajstić information content (AvgIpc) is 3.37. The predicted octanol–water partition coefficient (Wildman–Crippen LogP) is 2.24. The highest BCUT2D eigenvalue weighted by atomic mass is 35.5. The molecular weight excluding hydrogens is 352 g/mol. The maximum absolute atomic E-state index is 13.0. The van der Waals surface area contributed by atoms with Gasteiger partial charge in [0.25, 0.3) is 5.91 Å². The van der Waals surface area contributed by atoms with Gasteiger partial charge in [0.2, 0.25) is 5.95 Å². The Kier molecular flexibility index (Phi) is 4.42. The van der Waals surface area contributed by atoms with Crippen molar-refractivity contribution in [1.82, 2.24) is 24.6 Å². The summed E-state index contributed by atoms with van der Waals surface area (Å²) < 4.78 is 4.04. The third-order valence-electron chi connectivity index (χ3n) is 5.14. The summed E-state index contributed by atoms with van der Waals surface area (Å²) >= 11 is 0. The van der Waals surface area contributed by atoms with E-state index in [1.54, 1.807) is 4.90 Å². The first-order valence-corrected chi connectivity index (χ1v) is 8.84. The molecule has 0 bridgehead atoms. The monoisotopic (exact) mass is 372 g/mol. The molecule has 1 N–H and O–H groups in total. The molecule has 3 aromatic rings. The zero-order chi connectivity index (χ0) is 16.8. The highest BCUT2D eigenvalue weighted by Gasteiger charge is 2.30. The normalized spacial score (nSPS) is 19.4. The van der Waals surface area contributed by atoms with E-state index in [2.05, 4.69) is 20.0 Å². The minimum absolute atomic E-state index is 0. The number of hydrogen-bond donors (Lipinski definition) is 1. The van der Waals surface area contributed by atoms with E-state index in [1.807, 2.05) is 41.2 Å². The highest BCUT2D eigenvalue weighted by Crippen LogP contribution is 2.28. The molecule has 0 aliphatic carbocycles. The van der Waals surface area contributed by atoms with Crippen molar-refractivity contribution in [2.75, 3.05) is 24.5 Å². The van der Waals surface area contributed by atoms with Crippen molar-refractivity contribution in [1.29, 1.82) is 0 Å². The summed E-state index contributed by atoms with van der Waals surface area (Å²) in [7, 11) is 0. The Balaban J connectivity index is 0.00000168. The van der Waals surface area contributed by atoms with Crippen molar-refractivity contribution in [3.63, 3.8) is 0 Å². The van der Waals surface area contributed by atoms with Crippen LogP contribution in [0.2, 0.25) is 0 Å². The molecule has 1 unspecified atom stereocenters. The Morgan fingerprint density at radius 3 is 2.92 bits per heavy atom. The van der Waals surface area contributed by atoms with Gasteiger partial charge in [0.1, 0.15) is 0 Å². The summed E-state index contributed by atoms with van der Waals surface area (Å²) in [5.41, 5.74) is 2.49. The summed E-state index contributed by atoms with van der Waals surface area (Å²) in [5, 5.41) is 7.94. The number of anilines is 1. The first kappa shape index (κ1) is 17.1. The van der Waals surface area contributed by atoms with Crippen molar-refractivity contribution in [2.24, 2.45) is 0 Å². The summed E-state index contributed by atoms with van der Waals surface area (Å²) in [6, 6.07) is 10.2. The molecule has 4 heterocycles. The van der Waals surface area contributed by atoms with Crippen LogP contribution < -0.4 is 10.2 Å². The molecule has 136 valence electrons. The van der Waals surface area contributed by atoms with E-state index in [1.165, 1.54) is 0 Å². The minimum atomic E-state index is -0.0726. The maximum atomic E-state index is 13.0. The van der Waals surface area contributed by atoms with Crippen LogP contribution >= 0.6 is 12.4 Å². The van der Waals surface area contributed by atoms with Gasteiger partial charge < -0.3 is 9.88 Å². The predicted molar refractivity (Wildman–Crippen MR) is 102 cm³/mol. The minimum Gasteiger partial charge on any atom is -0.315 e. The molecule has 1 amide bonds. The van der Waals surface area contributed by atoms with Gasteiger partial charge >= 0.3 is 0 Å². The van der Waals surface area contributed by atoms with Crippen LogP contribution in [0.1, 0.15) is 29.4 Å². The number of carbonyl (C=O) groups is 1. The van der Waals surface area contributed by atoms with E-state index in [0.29, 0.717) is 18.3 Å². The molecular formula is C18H21ClN6O. The van der Waals surface area contributed by atoms with Gasteiger partial charge in [-0.15, -0.1) is 12.4 Å². The van der Waals surface area contributed by atoms with Crippen LogP contribution in [0.4, 0.5) is 5.95 Å². The molecule has 2 aromatic heterocycles. The number of halogens is 1. The fourth-order valence-electron chi connectivity index (χ4n) is 3.83. The molecule has 1 atom stereocenters. The zero-order valence-corrected chi connectivity index (χ0v) is 15.2. The molecule has 26 heavy (non-hydrogen) atoms. The summed E-state index contributed by atoms with van der Waals surface area (Å²) in [6.07, 6.45) is 4.16. The van der Waals surface area contributed by atoms with E-state index >= 15 is 0 Å². The molecule has 7 nitrogen and oxygen atoms in total. The summed E-state index contributed by atoms with van der Waals surface area (Å²) in [5.74, 6) is 0.650. The zero-order valence-electron chi connectivity index (χ0n) is 14.3. The number of imidazole rings is 1. The van der Waals surface area contributed by atoms with Crippen molar-refractivity contribution in [3.8, 4) is 0 Å². The molecule has 1 saturated heterocycles. The summed E-state index contributed by atoms with van der Waals surface area (Å²) in [6.45, 7) is 3.39. The second kappa shape index (κ2) is 6.74. The van der Waals surface area contributed by atoms with Gasteiger partial charge in [0.15, 0.2) is 5.69 Å². The number of fused-ring (bicyclic) bond motifs is 3. The number of benzene rings is 1. The van der Waals surface area contributed by atoms with E-state index in [0.717, 1.165) is 49.5 Å². The molecule has 8 heteroatoms. The summed E-state index contributed by atoms with van der Waals surface area (Å²) in [4.78, 5) is 19.3. The van der Waals surface area contributed by atoms with Crippen LogP contribution in [0.25, 0.3) is 11.0 Å². The van der Waals surface area contributed by atoms with Crippen LogP contribution in [0.5, 0.6) is 0 Å². The quantitative estimate of drug-likeness (QED) is 0.749. The van der Waals surface area contributed by atoms with Crippen LogP contribution in [-0.2, 0) is 6.54 Å². The third kappa shape index (κ3) is 2.68. The Hall–Kier alpha value is -2.38. The Labute approximate surface area is 157 Å². The van der Waals surface area contributed by atoms with Crippen molar-refractivity contribution in [2.45, 2.75) is 25.4 Å². The number of nitrogens with zero attached hydrogens (tertiary/aromatic N) is 5.